The Labute approximate surface area is 104 Å². The minimum atomic E-state index is -1.10. The lowest BCUT2D eigenvalue weighted by atomic mass is 10.0. The molecule has 0 amide bonds. The number of aryl methyl sites for hydroxylation is 2. The normalized spacial score (nSPS) is 10.3. The molecule has 0 saturated carbocycles. The predicted octanol–water partition coefficient (Wildman–Crippen LogP) is 2.24. The number of carbonyl (C=O) groups excluding carboxylic acids is 1. The van der Waals surface area contributed by atoms with Crippen LogP contribution in [0.4, 0.5) is 0 Å². The molecule has 17 heavy (non-hydrogen) atoms. The van der Waals surface area contributed by atoms with Crippen LogP contribution in [0.3, 0.4) is 0 Å². The van der Waals surface area contributed by atoms with Gasteiger partial charge in [-0.2, -0.15) is 0 Å². The standard InChI is InChI=1S/C12H13ClO4/c1-7-4-10(13)8(2)3-9(7)11(14)5-17-6-12(15)16/h3-4H,5-6H2,1-2H3,(H,15,16). The molecule has 0 unspecified atom stereocenters. The summed E-state index contributed by atoms with van der Waals surface area (Å²) < 4.78 is 4.75. The molecule has 0 bridgehead atoms. The van der Waals surface area contributed by atoms with Crippen LogP contribution in [0.25, 0.3) is 0 Å². The largest absolute Gasteiger partial charge is 0.480 e. The van der Waals surface area contributed by atoms with Crippen LogP contribution < -0.4 is 0 Å². The van der Waals surface area contributed by atoms with E-state index >= 15 is 0 Å². The van der Waals surface area contributed by atoms with Crippen molar-refractivity contribution < 1.29 is 19.4 Å². The van der Waals surface area contributed by atoms with Gasteiger partial charge in [-0.05, 0) is 37.1 Å². The van der Waals surface area contributed by atoms with Crippen molar-refractivity contribution in [1.82, 2.24) is 0 Å². The molecular formula is C12H13ClO4. The third-order valence-corrected chi connectivity index (χ3v) is 2.67. The van der Waals surface area contributed by atoms with Gasteiger partial charge in [0, 0.05) is 10.6 Å². The molecule has 0 heterocycles. The van der Waals surface area contributed by atoms with E-state index < -0.39 is 12.6 Å². The molecule has 0 spiro atoms. The highest BCUT2D eigenvalue weighted by Crippen LogP contribution is 2.20. The number of carboxylic acid groups (broad SMARTS) is 1. The zero-order valence-corrected chi connectivity index (χ0v) is 10.4. The van der Waals surface area contributed by atoms with Gasteiger partial charge in [-0.15, -0.1) is 0 Å². The molecular weight excluding hydrogens is 244 g/mol. The molecule has 5 heteroatoms. The highest BCUT2D eigenvalue weighted by atomic mass is 35.5. The predicted molar refractivity (Wildman–Crippen MR) is 63.7 cm³/mol. The zero-order chi connectivity index (χ0) is 13.0. The van der Waals surface area contributed by atoms with Gasteiger partial charge in [0.05, 0.1) is 0 Å². The first kappa shape index (κ1) is 13.7. The van der Waals surface area contributed by atoms with E-state index in [1.807, 2.05) is 0 Å². The lowest BCUT2D eigenvalue weighted by Gasteiger charge is -2.07. The van der Waals surface area contributed by atoms with Crippen molar-refractivity contribution in [2.45, 2.75) is 13.8 Å². The number of aliphatic carboxylic acids is 1. The summed E-state index contributed by atoms with van der Waals surface area (Å²) in [4.78, 5) is 22.0. The third-order valence-electron chi connectivity index (χ3n) is 2.26. The molecule has 0 atom stereocenters. The topological polar surface area (TPSA) is 63.6 Å². The van der Waals surface area contributed by atoms with Crippen LogP contribution in [0.1, 0.15) is 21.5 Å². The van der Waals surface area contributed by atoms with E-state index in [4.69, 9.17) is 21.4 Å². The summed E-state index contributed by atoms with van der Waals surface area (Å²) in [5.41, 5.74) is 2.07. The van der Waals surface area contributed by atoms with Crippen LogP contribution in [0.2, 0.25) is 5.02 Å². The SMILES string of the molecule is Cc1cc(C(=O)COCC(=O)O)c(C)cc1Cl. The molecule has 0 aliphatic heterocycles. The molecule has 92 valence electrons. The molecule has 1 rings (SSSR count). The van der Waals surface area contributed by atoms with Crippen LogP contribution in [0.5, 0.6) is 0 Å². The molecule has 1 aromatic carbocycles. The van der Waals surface area contributed by atoms with Gasteiger partial charge in [-0.3, -0.25) is 4.79 Å². The van der Waals surface area contributed by atoms with E-state index in [0.717, 1.165) is 11.1 Å². The van der Waals surface area contributed by atoms with Crippen molar-refractivity contribution in [1.29, 1.82) is 0 Å². The molecule has 1 aromatic rings. The van der Waals surface area contributed by atoms with Crippen LogP contribution >= 0.6 is 11.6 Å². The first-order chi connectivity index (χ1) is 7.91. The van der Waals surface area contributed by atoms with Gasteiger partial charge < -0.3 is 9.84 Å². The first-order valence-corrected chi connectivity index (χ1v) is 5.39. The van der Waals surface area contributed by atoms with E-state index in [1.165, 1.54) is 0 Å². The highest BCUT2D eigenvalue weighted by Gasteiger charge is 2.12. The van der Waals surface area contributed by atoms with Gasteiger partial charge in [-0.25, -0.2) is 4.79 Å². The van der Waals surface area contributed by atoms with Gasteiger partial charge in [0.15, 0.2) is 5.78 Å². The fourth-order valence-corrected chi connectivity index (χ4v) is 1.61. The summed E-state index contributed by atoms with van der Waals surface area (Å²) in [6.07, 6.45) is 0. The Morgan fingerprint density at radius 2 is 1.88 bits per heavy atom. The maximum Gasteiger partial charge on any atom is 0.329 e. The number of halogens is 1. The average Bonchev–Trinajstić information content (AvgIpc) is 2.22. The molecule has 0 aliphatic rings. The molecule has 0 fully saturated rings. The second kappa shape index (κ2) is 5.80. The summed E-state index contributed by atoms with van der Waals surface area (Å²) in [6.45, 7) is 2.86. The number of benzene rings is 1. The van der Waals surface area contributed by atoms with Crippen LogP contribution in [0, 0.1) is 13.8 Å². The summed E-state index contributed by atoms with van der Waals surface area (Å²) >= 11 is 5.92. The van der Waals surface area contributed by atoms with E-state index in [-0.39, 0.29) is 12.4 Å². The van der Waals surface area contributed by atoms with Gasteiger partial charge in [0.1, 0.15) is 13.2 Å². The number of Topliss-reactive ketones (excluding diaryl/α,β-unsaturated/α-hetero) is 1. The Morgan fingerprint density at radius 3 is 2.47 bits per heavy atom. The van der Waals surface area contributed by atoms with Gasteiger partial charge in [0.2, 0.25) is 0 Å². The van der Waals surface area contributed by atoms with E-state index in [9.17, 15) is 9.59 Å². The Morgan fingerprint density at radius 1 is 1.24 bits per heavy atom. The third kappa shape index (κ3) is 3.84. The molecule has 1 N–H and O–H groups in total. The molecule has 0 saturated heterocycles. The van der Waals surface area contributed by atoms with E-state index in [0.29, 0.717) is 10.6 Å². The van der Waals surface area contributed by atoms with Gasteiger partial charge in [-0.1, -0.05) is 11.6 Å². The Balaban J connectivity index is 2.75. The highest BCUT2D eigenvalue weighted by molar-refractivity contribution is 6.31. The summed E-state index contributed by atoms with van der Waals surface area (Å²) in [5.74, 6) is -1.34. The summed E-state index contributed by atoms with van der Waals surface area (Å²) in [7, 11) is 0. The maximum absolute atomic E-state index is 11.7. The van der Waals surface area contributed by atoms with E-state index in [1.54, 1.807) is 26.0 Å². The lowest BCUT2D eigenvalue weighted by Crippen LogP contribution is -2.15. The Kier molecular flexibility index (Phi) is 4.66. The van der Waals surface area contributed by atoms with Crippen molar-refractivity contribution >= 4 is 23.4 Å². The molecule has 0 aromatic heterocycles. The molecule has 4 nitrogen and oxygen atoms in total. The zero-order valence-electron chi connectivity index (χ0n) is 9.62. The monoisotopic (exact) mass is 256 g/mol. The maximum atomic E-state index is 11.7. The van der Waals surface area contributed by atoms with Gasteiger partial charge in [0.25, 0.3) is 0 Å². The fraction of sp³-hybridized carbons (Fsp3) is 0.333. The van der Waals surface area contributed by atoms with Crippen molar-refractivity contribution in [3.8, 4) is 0 Å². The number of ether oxygens (including phenoxy) is 1. The van der Waals surface area contributed by atoms with Crippen molar-refractivity contribution in [2.24, 2.45) is 0 Å². The average molecular weight is 257 g/mol. The second-order valence-corrected chi connectivity index (χ2v) is 4.13. The first-order valence-electron chi connectivity index (χ1n) is 5.01. The smallest absolute Gasteiger partial charge is 0.329 e. The Bertz CT molecular complexity index is 454. The number of rotatable bonds is 5. The van der Waals surface area contributed by atoms with Crippen LogP contribution in [0.15, 0.2) is 12.1 Å². The fourth-order valence-electron chi connectivity index (χ4n) is 1.39. The quantitative estimate of drug-likeness (QED) is 0.821. The van der Waals surface area contributed by atoms with Gasteiger partial charge >= 0.3 is 5.97 Å². The number of hydrogen-bond acceptors (Lipinski definition) is 3. The van der Waals surface area contributed by atoms with Crippen molar-refractivity contribution in [3.05, 3.63) is 33.8 Å². The second-order valence-electron chi connectivity index (χ2n) is 3.73. The summed E-state index contributed by atoms with van der Waals surface area (Å²) in [6, 6.07) is 3.39. The van der Waals surface area contributed by atoms with Crippen LogP contribution in [-0.4, -0.2) is 30.1 Å². The number of hydrogen-bond donors (Lipinski definition) is 1. The molecule has 0 radical (unpaired) electrons. The molecule has 0 aliphatic carbocycles. The minimum absolute atomic E-state index is 0.242. The van der Waals surface area contributed by atoms with E-state index in [2.05, 4.69) is 0 Å². The van der Waals surface area contributed by atoms with Crippen molar-refractivity contribution in [2.75, 3.05) is 13.2 Å². The van der Waals surface area contributed by atoms with Crippen LogP contribution in [-0.2, 0) is 9.53 Å². The number of carbonyl (C=O) groups is 2. The summed E-state index contributed by atoms with van der Waals surface area (Å²) in [5, 5.41) is 8.98. The Hall–Kier alpha value is -1.39. The number of ketones is 1. The minimum Gasteiger partial charge on any atom is -0.480 e. The van der Waals surface area contributed by atoms with Crippen molar-refractivity contribution in [3.63, 3.8) is 0 Å². The lowest BCUT2D eigenvalue weighted by molar-refractivity contribution is -0.141. The number of carboxylic acids is 1.